The summed E-state index contributed by atoms with van der Waals surface area (Å²) >= 11 is 0. The number of hydrogen-bond donors (Lipinski definition) is 3. The Balaban J connectivity index is 0.00000140. The summed E-state index contributed by atoms with van der Waals surface area (Å²) in [5, 5.41) is 10.0. The molecule has 0 aliphatic carbocycles. The van der Waals surface area contributed by atoms with Gasteiger partial charge in [0.05, 0.1) is 18.4 Å². The highest BCUT2D eigenvalue weighted by atomic mass is 35.5. The van der Waals surface area contributed by atoms with Crippen LogP contribution in [0.1, 0.15) is 36.0 Å². The third kappa shape index (κ3) is 4.87. The Morgan fingerprint density at radius 1 is 1.11 bits per heavy atom. The molecule has 2 saturated heterocycles. The van der Waals surface area contributed by atoms with E-state index in [1.807, 2.05) is 24.3 Å². The van der Waals surface area contributed by atoms with Crippen LogP contribution in [0.5, 0.6) is 5.75 Å². The van der Waals surface area contributed by atoms with Crippen molar-refractivity contribution in [2.75, 3.05) is 12.4 Å². The number of nitrogens with one attached hydrogen (secondary N) is 3. The first-order valence-corrected chi connectivity index (χ1v) is 9.15. The number of anilines is 2. The van der Waals surface area contributed by atoms with E-state index in [4.69, 9.17) is 4.74 Å². The smallest absolute Gasteiger partial charge is 0.255 e. The van der Waals surface area contributed by atoms with E-state index >= 15 is 0 Å². The maximum Gasteiger partial charge on any atom is 0.255 e. The Labute approximate surface area is 177 Å². The molecule has 3 heterocycles. The summed E-state index contributed by atoms with van der Waals surface area (Å²) in [5.74, 6) is 1.16. The highest BCUT2D eigenvalue weighted by Crippen LogP contribution is 2.29. The van der Waals surface area contributed by atoms with Crippen LogP contribution in [0.15, 0.2) is 42.6 Å². The number of hydrogen-bond acceptors (Lipinski definition) is 5. The molecule has 8 heteroatoms. The maximum absolute atomic E-state index is 12.9. The second kappa shape index (κ2) is 9.96. The lowest BCUT2D eigenvalue weighted by Gasteiger charge is -2.29. The highest BCUT2D eigenvalue weighted by molar-refractivity contribution is 5.99. The summed E-state index contributed by atoms with van der Waals surface area (Å²) in [6, 6.07) is 12.5. The quantitative estimate of drug-likeness (QED) is 0.682. The number of carbonyl (C=O) groups is 1. The summed E-state index contributed by atoms with van der Waals surface area (Å²) < 4.78 is 5.37. The molecule has 0 saturated carbocycles. The normalized spacial score (nSPS) is 22.4. The number of fused-ring (bicyclic) bond motifs is 2. The number of nitrogens with zero attached hydrogens (tertiary/aromatic N) is 1. The Morgan fingerprint density at radius 3 is 2.54 bits per heavy atom. The number of methoxy groups -OCH3 is 1. The van der Waals surface area contributed by atoms with Crippen molar-refractivity contribution < 1.29 is 9.53 Å². The average Bonchev–Trinajstić information content (AvgIpc) is 3.01. The number of para-hydroxylation sites is 2. The van der Waals surface area contributed by atoms with Gasteiger partial charge in [0.2, 0.25) is 0 Å². The topological polar surface area (TPSA) is 75.3 Å². The number of pyridine rings is 1. The molecular formula is C20H26Cl2N4O2. The van der Waals surface area contributed by atoms with Gasteiger partial charge in [-0.25, -0.2) is 4.98 Å². The monoisotopic (exact) mass is 424 g/mol. The lowest BCUT2D eigenvalue weighted by atomic mass is 9.99. The van der Waals surface area contributed by atoms with E-state index in [-0.39, 0.29) is 36.8 Å². The fourth-order valence-electron chi connectivity index (χ4n) is 4.00. The second-order valence-electron chi connectivity index (χ2n) is 7.00. The number of benzene rings is 1. The molecular weight excluding hydrogens is 399 g/mol. The number of carbonyl (C=O) groups excluding carboxylic acids is 1. The summed E-state index contributed by atoms with van der Waals surface area (Å²) in [6.45, 7) is 0. The van der Waals surface area contributed by atoms with Crippen molar-refractivity contribution >= 4 is 42.2 Å². The van der Waals surface area contributed by atoms with Crippen molar-refractivity contribution in [1.82, 2.24) is 15.6 Å². The van der Waals surface area contributed by atoms with Crippen LogP contribution in [0.25, 0.3) is 0 Å². The fourth-order valence-corrected chi connectivity index (χ4v) is 4.00. The van der Waals surface area contributed by atoms with Gasteiger partial charge in [-0.15, -0.1) is 24.8 Å². The van der Waals surface area contributed by atoms with E-state index in [1.54, 1.807) is 25.4 Å². The van der Waals surface area contributed by atoms with Crippen LogP contribution >= 0.6 is 24.8 Å². The van der Waals surface area contributed by atoms with Crippen LogP contribution in [-0.2, 0) is 0 Å². The van der Waals surface area contributed by atoms with E-state index in [2.05, 4.69) is 20.9 Å². The molecule has 4 rings (SSSR count). The molecule has 2 bridgehead atoms. The number of rotatable bonds is 5. The first-order chi connectivity index (χ1) is 12.7. The molecule has 28 heavy (non-hydrogen) atoms. The Morgan fingerprint density at radius 2 is 1.82 bits per heavy atom. The van der Waals surface area contributed by atoms with Crippen LogP contribution in [0.3, 0.4) is 0 Å². The maximum atomic E-state index is 12.9. The lowest BCUT2D eigenvalue weighted by Crippen LogP contribution is -2.48. The Kier molecular flexibility index (Phi) is 7.92. The third-order valence-corrected chi connectivity index (χ3v) is 5.22. The summed E-state index contributed by atoms with van der Waals surface area (Å²) in [6.07, 6.45) is 6.10. The van der Waals surface area contributed by atoms with E-state index in [0.29, 0.717) is 29.2 Å². The van der Waals surface area contributed by atoms with Crippen LogP contribution < -0.4 is 20.7 Å². The molecule has 152 valence electrons. The van der Waals surface area contributed by atoms with E-state index < -0.39 is 0 Å². The molecule has 3 N–H and O–H groups in total. The molecule has 1 amide bonds. The molecule has 6 nitrogen and oxygen atoms in total. The highest BCUT2D eigenvalue weighted by Gasteiger charge is 2.34. The number of piperidine rings is 1. The molecule has 0 radical (unpaired) electrons. The van der Waals surface area contributed by atoms with Gasteiger partial charge in [0.15, 0.2) is 0 Å². The van der Waals surface area contributed by atoms with Gasteiger partial charge in [-0.1, -0.05) is 12.1 Å². The molecule has 1 aromatic carbocycles. The molecule has 2 aromatic rings. The molecule has 2 aliphatic heterocycles. The average molecular weight is 425 g/mol. The first kappa shape index (κ1) is 22.3. The summed E-state index contributed by atoms with van der Waals surface area (Å²) in [5.41, 5.74) is 1.33. The first-order valence-electron chi connectivity index (χ1n) is 9.15. The van der Waals surface area contributed by atoms with Crippen molar-refractivity contribution in [2.45, 2.75) is 43.8 Å². The lowest BCUT2D eigenvalue weighted by molar-refractivity contribution is 0.0924. The Bertz CT molecular complexity index is 793. The van der Waals surface area contributed by atoms with Crippen LogP contribution in [0, 0.1) is 0 Å². The van der Waals surface area contributed by atoms with Crippen molar-refractivity contribution in [1.29, 1.82) is 0 Å². The summed E-state index contributed by atoms with van der Waals surface area (Å²) in [7, 11) is 1.62. The predicted octanol–water partition coefficient (Wildman–Crippen LogP) is 3.69. The van der Waals surface area contributed by atoms with Gasteiger partial charge < -0.3 is 20.7 Å². The van der Waals surface area contributed by atoms with Gasteiger partial charge in [0.1, 0.15) is 11.6 Å². The van der Waals surface area contributed by atoms with Crippen LogP contribution in [0.4, 0.5) is 11.5 Å². The van der Waals surface area contributed by atoms with Crippen molar-refractivity contribution in [3.05, 3.63) is 48.2 Å². The number of aromatic nitrogens is 1. The van der Waals surface area contributed by atoms with Gasteiger partial charge >= 0.3 is 0 Å². The number of amides is 1. The molecule has 2 fully saturated rings. The van der Waals surface area contributed by atoms with Crippen molar-refractivity contribution in [2.24, 2.45) is 0 Å². The van der Waals surface area contributed by atoms with Gasteiger partial charge in [-0.05, 0) is 49.9 Å². The molecule has 2 aliphatic rings. The van der Waals surface area contributed by atoms with Gasteiger partial charge in [-0.2, -0.15) is 0 Å². The van der Waals surface area contributed by atoms with E-state index in [1.165, 1.54) is 12.8 Å². The predicted molar refractivity (Wildman–Crippen MR) is 115 cm³/mol. The van der Waals surface area contributed by atoms with E-state index in [0.717, 1.165) is 18.5 Å². The second-order valence-corrected chi connectivity index (χ2v) is 7.00. The van der Waals surface area contributed by atoms with Gasteiger partial charge in [-0.3, -0.25) is 4.79 Å². The number of ether oxygens (including phenoxy) is 1. The van der Waals surface area contributed by atoms with Gasteiger partial charge in [0, 0.05) is 24.3 Å². The van der Waals surface area contributed by atoms with Crippen LogP contribution in [-0.4, -0.2) is 36.1 Å². The zero-order chi connectivity index (χ0) is 17.9. The minimum absolute atomic E-state index is 0. The molecule has 0 spiro atoms. The van der Waals surface area contributed by atoms with Crippen molar-refractivity contribution in [3.63, 3.8) is 0 Å². The minimum atomic E-state index is -0.0817. The molecule has 1 aromatic heterocycles. The zero-order valence-corrected chi connectivity index (χ0v) is 17.3. The van der Waals surface area contributed by atoms with Gasteiger partial charge in [0.25, 0.3) is 5.91 Å². The zero-order valence-electron chi connectivity index (χ0n) is 15.7. The largest absolute Gasteiger partial charge is 0.495 e. The SMILES string of the molecule is COc1ccccc1Nc1ncccc1C(=O)NC1CC2CCC(C1)N2.Cl.Cl. The van der Waals surface area contributed by atoms with E-state index in [9.17, 15) is 4.79 Å². The van der Waals surface area contributed by atoms with Crippen molar-refractivity contribution in [3.8, 4) is 5.75 Å². The standard InChI is InChI=1S/C20H24N4O2.2ClH/c1-26-18-7-3-2-6-17(18)24-19-16(5-4-10-21-19)20(25)23-15-11-13-8-9-14(12-15)22-13;;/h2-7,10,13-15,22H,8-9,11-12H2,1H3,(H,21,24)(H,23,25);2*1H. The summed E-state index contributed by atoms with van der Waals surface area (Å²) in [4.78, 5) is 17.2. The fraction of sp³-hybridized carbons (Fsp3) is 0.400. The third-order valence-electron chi connectivity index (χ3n) is 5.22. The Hall–Kier alpha value is -2.02. The molecule has 2 unspecified atom stereocenters. The molecule has 2 atom stereocenters. The minimum Gasteiger partial charge on any atom is -0.495 e. The van der Waals surface area contributed by atoms with Crippen LogP contribution in [0.2, 0.25) is 0 Å². The number of halogens is 2.